The van der Waals surface area contributed by atoms with Crippen LogP contribution in [0.1, 0.15) is 71.4 Å². The number of rotatable bonds is 23. The van der Waals surface area contributed by atoms with E-state index in [2.05, 4.69) is 21.3 Å². The minimum absolute atomic E-state index is 0.0181. The third-order valence-electron chi connectivity index (χ3n) is 9.05. The van der Waals surface area contributed by atoms with Crippen molar-refractivity contribution in [1.82, 2.24) is 26.2 Å². The fourth-order valence-corrected chi connectivity index (χ4v) is 6.24. The SMILES string of the molecule is CCOCCC(=O)C(CC(C)C)NC(=O)[C@H](Cc1ccccc1)NC(=O)C(CC(C)C)NC(=O)[C@H](CCc1ccccc1)NC(=O)CN1CCOCC1. The van der Waals surface area contributed by atoms with Crippen LogP contribution in [0.4, 0.5) is 0 Å². The highest BCUT2D eigenvalue weighted by molar-refractivity contribution is 5.96. The summed E-state index contributed by atoms with van der Waals surface area (Å²) in [6, 6.07) is 15.4. The molecule has 12 nitrogen and oxygen atoms in total. The molecule has 1 heterocycles. The third kappa shape index (κ3) is 16.6. The van der Waals surface area contributed by atoms with Crippen LogP contribution in [0.2, 0.25) is 0 Å². The molecule has 4 N–H and O–H groups in total. The number of morpholine rings is 1. The molecule has 4 amide bonds. The maximum absolute atomic E-state index is 14.1. The predicted molar refractivity (Wildman–Crippen MR) is 205 cm³/mol. The first-order chi connectivity index (χ1) is 25.4. The smallest absolute Gasteiger partial charge is 0.243 e. The molecule has 1 aliphatic heterocycles. The van der Waals surface area contributed by atoms with Gasteiger partial charge in [0, 0.05) is 32.5 Å². The molecule has 0 spiro atoms. The van der Waals surface area contributed by atoms with Crippen molar-refractivity contribution < 1.29 is 33.4 Å². The zero-order valence-corrected chi connectivity index (χ0v) is 32.2. The van der Waals surface area contributed by atoms with Crippen molar-refractivity contribution in [2.75, 3.05) is 46.1 Å². The Morgan fingerprint density at radius 1 is 0.698 bits per heavy atom. The number of carbonyl (C=O) groups is 5. The monoisotopic (exact) mass is 735 g/mol. The van der Waals surface area contributed by atoms with Gasteiger partial charge < -0.3 is 30.7 Å². The summed E-state index contributed by atoms with van der Waals surface area (Å²) < 4.78 is 10.8. The first-order valence-electron chi connectivity index (χ1n) is 19.1. The Hall–Kier alpha value is -4.13. The van der Waals surface area contributed by atoms with Gasteiger partial charge in [0.2, 0.25) is 23.6 Å². The lowest BCUT2D eigenvalue weighted by Crippen LogP contribution is -2.59. The van der Waals surface area contributed by atoms with E-state index in [4.69, 9.17) is 9.47 Å². The van der Waals surface area contributed by atoms with E-state index in [1.54, 1.807) is 0 Å². The second-order valence-corrected chi connectivity index (χ2v) is 14.6. The lowest BCUT2D eigenvalue weighted by atomic mass is 9.97. The van der Waals surface area contributed by atoms with Gasteiger partial charge in [-0.25, -0.2) is 0 Å². The van der Waals surface area contributed by atoms with Gasteiger partial charge in [-0.1, -0.05) is 88.4 Å². The average molecular weight is 736 g/mol. The number of ketones is 1. The van der Waals surface area contributed by atoms with Crippen LogP contribution in [0.25, 0.3) is 0 Å². The average Bonchev–Trinajstić information content (AvgIpc) is 3.13. The van der Waals surface area contributed by atoms with E-state index in [9.17, 15) is 24.0 Å². The number of nitrogens with zero attached hydrogens (tertiary/aromatic N) is 1. The fraction of sp³-hybridized carbons (Fsp3) is 0.585. The molecular formula is C41H61N5O7. The molecule has 0 saturated carbocycles. The highest BCUT2D eigenvalue weighted by Crippen LogP contribution is 2.13. The Labute approximate surface area is 315 Å². The molecule has 1 fully saturated rings. The van der Waals surface area contributed by atoms with Gasteiger partial charge in [-0.15, -0.1) is 0 Å². The van der Waals surface area contributed by atoms with Crippen LogP contribution in [0.5, 0.6) is 0 Å². The summed E-state index contributed by atoms with van der Waals surface area (Å²) >= 11 is 0. The summed E-state index contributed by atoms with van der Waals surface area (Å²) in [6.07, 6.45) is 1.95. The van der Waals surface area contributed by atoms with Crippen LogP contribution < -0.4 is 21.3 Å². The van der Waals surface area contributed by atoms with Gasteiger partial charge in [0.05, 0.1) is 32.4 Å². The van der Waals surface area contributed by atoms with Crippen molar-refractivity contribution in [2.45, 2.75) is 97.3 Å². The van der Waals surface area contributed by atoms with Crippen LogP contribution in [0.15, 0.2) is 60.7 Å². The zero-order valence-electron chi connectivity index (χ0n) is 32.2. The van der Waals surface area contributed by atoms with Gasteiger partial charge in [-0.05, 0) is 55.6 Å². The molecular weight excluding hydrogens is 674 g/mol. The van der Waals surface area contributed by atoms with E-state index in [1.807, 2.05) is 100 Å². The summed E-state index contributed by atoms with van der Waals surface area (Å²) in [5, 5.41) is 11.7. The van der Waals surface area contributed by atoms with Crippen molar-refractivity contribution in [1.29, 1.82) is 0 Å². The largest absolute Gasteiger partial charge is 0.381 e. The summed E-state index contributed by atoms with van der Waals surface area (Å²) in [7, 11) is 0. The van der Waals surface area contributed by atoms with E-state index in [-0.39, 0.29) is 49.5 Å². The van der Waals surface area contributed by atoms with E-state index < -0.39 is 41.9 Å². The van der Waals surface area contributed by atoms with Gasteiger partial charge in [-0.3, -0.25) is 28.9 Å². The van der Waals surface area contributed by atoms with Crippen molar-refractivity contribution in [3.05, 3.63) is 71.8 Å². The summed E-state index contributed by atoms with van der Waals surface area (Å²) in [5.41, 5.74) is 1.84. The molecule has 12 heteroatoms. The highest BCUT2D eigenvalue weighted by Gasteiger charge is 2.32. The van der Waals surface area contributed by atoms with Crippen molar-refractivity contribution in [3.8, 4) is 0 Å². The summed E-state index contributed by atoms with van der Waals surface area (Å²) in [5.74, 6) is -1.74. The topological polar surface area (TPSA) is 155 Å². The van der Waals surface area contributed by atoms with Gasteiger partial charge in [0.15, 0.2) is 5.78 Å². The Balaban J connectivity index is 1.80. The maximum Gasteiger partial charge on any atom is 0.243 e. The Morgan fingerprint density at radius 2 is 1.23 bits per heavy atom. The molecule has 2 aromatic rings. The molecule has 0 radical (unpaired) electrons. The van der Waals surface area contributed by atoms with Crippen molar-refractivity contribution in [2.24, 2.45) is 11.8 Å². The van der Waals surface area contributed by atoms with Gasteiger partial charge in [-0.2, -0.15) is 0 Å². The number of hydrogen-bond acceptors (Lipinski definition) is 8. The van der Waals surface area contributed by atoms with Crippen LogP contribution in [-0.2, 0) is 46.3 Å². The van der Waals surface area contributed by atoms with Crippen LogP contribution in [0.3, 0.4) is 0 Å². The predicted octanol–water partition coefficient (Wildman–Crippen LogP) is 3.22. The molecule has 1 aliphatic rings. The van der Waals surface area contributed by atoms with Crippen LogP contribution >= 0.6 is 0 Å². The lowest BCUT2D eigenvalue weighted by molar-refractivity contribution is -0.135. The molecule has 0 bridgehead atoms. The lowest BCUT2D eigenvalue weighted by Gasteiger charge is -2.29. The van der Waals surface area contributed by atoms with E-state index in [0.717, 1.165) is 11.1 Å². The first kappa shape index (κ1) is 43.3. The number of hydrogen-bond donors (Lipinski definition) is 4. The highest BCUT2D eigenvalue weighted by atomic mass is 16.5. The summed E-state index contributed by atoms with van der Waals surface area (Å²) in [4.78, 5) is 70.3. The quantitative estimate of drug-likeness (QED) is 0.127. The maximum atomic E-state index is 14.1. The number of benzene rings is 2. The van der Waals surface area contributed by atoms with Gasteiger partial charge >= 0.3 is 0 Å². The summed E-state index contributed by atoms with van der Waals surface area (Å²) in [6.45, 7) is 12.9. The Kier molecular flexibility index (Phi) is 19.2. The molecule has 2 aromatic carbocycles. The molecule has 292 valence electrons. The first-order valence-corrected chi connectivity index (χ1v) is 19.1. The molecule has 2 unspecified atom stereocenters. The third-order valence-corrected chi connectivity index (χ3v) is 9.05. The number of amides is 4. The minimum atomic E-state index is -1.02. The Bertz CT molecular complexity index is 1420. The fourth-order valence-electron chi connectivity index (χ4n) is 6.24. The van der Waals surface area contributed by atoms with E-state index >= 15 is 0 Å². The number of aryl methyl sites for hydroxylation is 1. The van der Waals surface area contributed by atoms with E-state index in [0.29, 0.717) is 58.6 Å². The van der Waals surface area contributed by atoms with Crippen LogP contribution in [0, 0.1) is 11.8 Å². The molecule has 3 rings (SSSR count). The second kappa shape index (κ2) is 23.5. The Morgan fingerprint density at radius 3 is 1.83 bits per heavy atom. The number of Topliss-reactive ketones (excluding diaryl/α,β-unsaturated/α-hetero) is 1. The van der Waals surface area contributed by atoms with Crippen LogP contribution in [-0.4, -0.2) is 105 Å². The molecule has 1 saturated heterocycles. The standard InChI is InChI=1S/C41H61N5O7/c1-6-52-22-19-37(47)34(25-29(2)3)43-41(51)36(27-32-15-11-8-12-16-32)45-40(50)35(26-30(4)5)44-39(49)33(18-17-31-13-9-7-10-14-31)42-38(48)28-46-20-23-53-24-21-46/h7-16,29-30,33-36H,6,17-28H2,1-5H3,(H,42,48)(H,43,51)(H,44,49)(H,45,50)/t33-,34?,35?,36-/m0/s1. The normalized spacial score (nSPS) is 15.6. The molecule has 0 aromatic heterocycles. The van der Waals surface area contributed by atoms with E-state index in [1.165, 1.54) is 0 Å². The van der Waals surface area contributed by atoms with Gasteiger partial charge in [0.1, 0.15) is 18.1 Å². The minimum Gasteiger partial charge on any atom is -0.381 e. The number of carbonyl (C=O) groups excluding carboxylic acids is 5. The molecule has 0 aliphatic carbocycles. The van der Waals surface area contributed by atoms with Crippen molar-refractivity contribution in [3.63, 3.8) is 0 Å². The number of ether oxygens (including phenoxy) is 2. The second-order valence-electron chi connectivity index (χ2n) is 14.6. The van der Waals surface area contributed by atoms with Gasteiger partial charge in [0.25, 0.3) is 0 Å². The zero-order chi connectivity index (χ0) is 38.6. The molecule has 53 heavy (non-hydrogen) atoms. The number of nitrogens with one attached hydrogen (secondary N) is 4. The molecule has 4 atom stereocenters. The van der Waals surface area contributed by atoms with Crippen molar-refractivity contribution >= 4 is 29.4 Å².